The molecule has 0 saturated heterocycles. The first-order chi connectivity index (χ1) is 16.1. The third-order valence-electron chi connectivity index (χ3n) is 5.51. The molecular weight excluding hydrogens is 441 g/mol. The van der Waals surface area contributed by atoms with Gasteiger partial charge in [0.1, 0.15) is 11.6 Å². The lowest BCUT2D eigenvalue weighted by atomic mass is 9.96. The van der Waals surface area contributed by atoms with Crippen LogP contribution >= 0.6 is 0 Å². The standard InChI is InChI=1S/C26H28FNO6/c1-15(2)28-25(22-10-8-16(27)12-23(22)34-3)20(19-6-4-5-7-21(19)26(28)33)11-9-17(29)13-18(30)14-24(31)32/h4-12,15,17-18,29-30H,13-14H2,1-3H3,(H,31,32)/t17?,18-/m1/s1. The number of aliphatic hydroxyl groups excluding tert-OH is 2. The van der Waals surface area contributed by atoms with Gasteiger partial charge in [-0.05, 0) is 37.4 Å². The number of carbonyl (C=O) groups is 1. The lowest BCUT2D eigenvalue weighted by Crippen LogP contribution is -2.25. The van der Waals surface area contributed by atoms with Gasteiger partial charge in [-0.3, -0.25) is 9.59 Å². The van der Waals surface area contributed by atoms with Crippen LogP contribution in [0.25, 0.3) is 28.1 Å². The molecule has 34 heavy (non-hydrogen) atoms. The average Bonchev–Trinajstić information content (AvgIpc) is 2.77. The number of methoxy groups -OCH3 is 1. The van der Waals surface area contributed by atoms with Crippen LogP contribution in [0.1, 0.15) is 38.3 Å². The fraction of sp³-hybridized carbons (Fsp3) is 0.308. The van der Waals surface area contributed by atoms with Gasteiger partial charge in [0, 0.05) is 35.0 Å². The number of aromatic nitrogens is 1. The van der Waals surface area contributed by atoms with Crippen molar-refractivity contribution in [2.24, 2.45) is 0 Å². The minimum absolute atomic E-state index is 0.167. The highest BCUT2D eigenvalue weighted by Crippen LogP contribution is 2.37. The number of carboxylic acids is 1. The van der Waals surface area contributed by atoms with Crippen LogP contribution in [0.4, 0.5) is 4.39 Å². The van der Waals surface area contributed by atoms with Crippen molar-refractivity contribution >= 4 is 22.8 Å². The van der Waals surface area contributed by atoms with Crippen LogP contribution in [0, 0.1) is 5.82 Å². The summed E-state index contributed by atoms with van der Waals surface area (Å²) in [5.74, 6) is -1.40. The third kappa shape index (κ3) is 5.35. The minimum Gasteiger partial charge on any atom is -0.496 e. The first-order valence-electron chi connectivity index (χ1n) is 10.9. The fourth-order valence-corrected chi connectivity index (χ4v) is 4.04. The van der Waals surface area contributed by atoms with E-state index in [0.29, 0.717) is 27.6 Å². The average molecular weight is 470 g/mol. The van der Waals surface area contributed by atoms with E-state index in [9.17, 15) is 24.2 Å². The maximum atomic E-state index is 13.9. The van der Waals surface area contributed by atoms with Gasteiger partial charge in [0.15, 0.2) is 0 Å². The molecule has 0 aliphatic carbocycles. The summed E-state index contributed by atoms with van der Waals surface area (Å²) >= 11 is 0. The Morgan fingerprint density at radius 3 is 2.44 bits per heavy atom. The maximum absolute atomic E-state index is 13.9. The van der Waals surface area contributed by atoms with E-state index in [1.165, 1.54) is 25.3 Å². The fourth-order valence-electron chi connectivity index (χ4n) is 4.04. The zero-order chi connectivity index (χ0) is 25.0. The maximum Gasteiger partial charge on any atom is 0.305 e. The second kappa shape index (κ2) is 10.6. The predicted molar refractivity (Wildman–Crippen MR) is 128 cm³/mol. The number of rotatable bonds is 9. The number of nitrogens with zero attached hydrogens (tertiary/aromatic N) is 1. The number of aliphatic carboxylic acids is 1. The van der Waals surface area contributed by atoms with E-state index in [4.69, 9.17) is 9.84 Å². The molecule has 180 valence electrons. The summed E-state index contributed by atoms with van der Waals surface area (Å²) in [4.78, 5) is 24.3. The molecule has 0 saturated carbocycles. The van der Waals surface area contributed by atoms with Gasteiger partial charge in [0.25, 0.3) is 5.56 Å². The Morgan fingerprint density at radius 1 is 1.15 bits per heavy atom. The van der Waals surface area contributed by atoms with Crippen molar-refractivity contribution in [3.63, 3.8) is 0 Å². The van der Waals surface area contributed by atoms with E-state index in [-0.39, 0.29) is 23.8 Å². The highest BCUT2D eigenvalue weighted by atomic mass is 19.1. The van der Waals surface area contributed by atoms with Gasteiger partial charge < -0.3 is 24.6 Å². The van der Waals surface area contributed by atoms with Gasteiger partial charge in [-0.25, -0.2) is 4.39 Å². The Balaban J connectivity index is 2.28. The Morgan fingerprint density at radius 2 is 1.82 bits per heavy atom. The topological polar surface area (TPSA) is 109 Å². The number of ether oxygens (including phenoxy) is 1. The van der Waals surface area contributed by atoms with E-state index in [2.05, 4.69) is 0 Å². The molecular formula is C26H28FNO6. The quantitative estimate of drug-likeness (QED) is 0.437. The van der Waals surface area contributed by atoms with Gasteiger partial charge in [-0.2, -0.15) is 0 Å². The summed E-state index contributed by atoms with van der Waals surface area (Å²) in [5, 5.41) is 30.2. The van der Waals surface area contributed by atoms with Crippen LogP contribution in [0.5, 0.6) is 5.75 Å². The Kier molecular flexibility index (Phi) is 7.86. The molecule has 0 aliphatic rings. The normalized spacial score (nSPS) is 13.5. The van der Waals surface area contributed by atoms with Gasteiger partial charge in [0.2, 0.25) is 0 Å². The first-order valence-corrected chi connectivity index (χ1v) is 10.9. The number of halogens is 1. The molecule has 8 heteroatoms. The SMILES string of the molecule is COc1cc(F)ccc1-c1c(C=CC(O)C[C@@H](O)CC(=O)O)c2ccccc2c(=O)n1C(C)C. The number of aliphatic hydroxyl groups is 2. The number of hydrogen-bond acceptors (Lipinski definition) is 5. The molecule has 0 bridgehead atoms. The number of pyridine rings is 1. The van der Waals surface area contributed by atoms with Crippen molar-refractivity contribution in [2.75, 3.05) is 7.11 Å². The summed E-state index contributed by atoms with van der Waals surface area (Å²) in [6.07, 6.45) is 0.0908. The summed E-state index contributed by atoms with van der Waals surface area (Å²) in [5.41, 5.74) is 1.37. The van der Waals surface area contributed by atoms with Crippen LogP contribution in [-0.2, 0) is 4.79 Å². The summed E-state index contributed by atoms with van der Waals surface area (Å²) in [6, 6.07) is 10.9. The molecule has 1 aromatic heterocycles. The number of fused-ring (bicyclic) bond motifs is 1. The molecule has 1 unspecified atom stereocenters. The molecule has 7 nitrogen and oxygen atoms in total. The molecule has 0 fully saturated rings. The smallest absolute Gasteiger partial charge is 0.305 e. The van der Waals surface area contributed by atoms with Gasteiger partial charge >= 0.3 is 5.97 Å². The monoisotopic (exact) mass is 469 g/mol. The minimum atomic E-state index is -1.21. The third-order valence-corrected chi connectivity index (χ3v) is 5.51. The Labute approximate surface area is 196 Å². The van der Waals surface area contributed by atoms with Crippen LogP contribution in [0.15, 0.2) is 53.3 Å². The lowest BCUT2D eigenvalue weighted by Gasteiger charge is -2.23. The number of hydrogen-bond donors (Lipinski definition) is 3. The van der Waals surface area contributed by atoms with Crippen LogP contribution in [-0.4, -0.2) is 45.2 Å². The number of carboxylic acid groups (broad SMARTS) is 1. The zero-order valence-corrected chi connectivity index (χ0v) is 19.2. The summed E-state index contributed by atoms with van der Waals surface area (Å²) in [7, 11) is 1.42. The second-order valence-electron chi connectivity index (χ2n) is 8.34. The molecule has 2 atom stereocenters. The molecule has 0 spiro atoms. The Bertz CT molecular complexity index is 1280. The van der Waals surface area contributed by atoms with E-state index < -0.39 is 30.4 Å². The molecule has 3 N–H and O–H groups in total. The van der Waals surface area contributed by atoms with Crippen molar-refractivity contribution in [3.05, 3.63) is 70.3 Å². The highest BCUT2D eigenvalue weighted by Gasteiger charge is 2.22. The van der Waals surface area contributed by atoms with Crippen LogP contribution in [0.2, 0.25) is 0 Å². The van der Waals surface area contributed by atoms with Crippen molar-refractivity contribution < 1.29 is 29.2 Å². The highest BCUT2D eigenvalue weighted by molar-refractivity contribution is 5.96. The molecule has 2 aromatic carbocycles. The molecule has 1 heterocycles. The Hall–Kier alpha value is -3.49. The summed E-state index contributed by atoms with van der Waals surface area (Å²) < 4.78 is 21.0. The van der Waals surface area contributed by atoms with Gasteiger partial charge in [0.05, 0.1) is 31.4 Å². The summed E-state index contributed by atoms with van der Waals surface area (Å²) in [6.45, 7) is 3.72. The van der Waals surface area contributed by atoms with Crippen LogP contribution < -0.4 is 10.3 Å². The van der Waals surface area contributed by atoms with Crippen molar-refractivity contribution in [2.45, 2.75) is 44.9 Å². The van der Waals surface area contributed by atoms with Crippen molar-refractivity contribution in [3.8, 4) is 17.0 Å². The molecule has 0 aliphatic heterocycles. The molecule has 0 amide bonds. The lowest BCUT2D eigenvalue weighted by molar-refractivity contribution is -0.139. The van der Waals surface area contributed by atoms with Gasteiger partial charge in [-0.1, -0.05) is 30.4 Å². The van der Waals surface area contributed by atoms with E-state index in [1.807, 2.05) is 13.8 Å². The van der Waals surface area contributed by atoms with Crippen LogP contribution in [0.3, 0.4) is 0 Å². The number of benzene rings is 2. The van der Waals surface area contributed by atoms with Gasteiger partial charge in [-0.15, -0.1) is 0 Å². The zero-order valence-electron chi connectivity index (χ0n) is 19.2. The van der Waals surface area contributed by atoms with Crippen molar-refractivity contribution in [1.29, 1.82) is 0 Å². The van der Waals surface area contributed by atoms with E-state index in [1.54, 1.807) is 41.0 Å². The molecule has 3 aromatic rings. The second-order valence-corrected chi connectivity index (χ2v) is 8.34. The molecule has 3 rings (SSSR count). The molecule has 0 radical (unpaired) electrons. The van der Waals surface area contributed by atoms with Crippen molar-refractivity contribution in [1.82, 2.24) is 4.57 Å². The predicted octanol–water partition coefficient (Wildman–Crippen LogP) is 4.00. The first kappa shape index (κ1) is 25.1. The van der Waals surface area contributed by atoms with E-state index in [0.717, 1.165) is 0 Å². The largest absolute Gasteiger partial charge is 0.496 e. The van der Waals surface area contributed by atoms with E-state index >= 15 is 0 Å².